The molecule has 1 aliphatic heterocycles. The van der Waals surface area contributed by atoms with E-state index in [-0.39, 0.29) is 17.7 Å². The number of alkyl halides is 5. The van der Waals surface area contributed by atoms with Gasteiger partial charge in [-0.05, 0) is 18.9 Å². The molecule has 0 aliphatic carbocycles. The number of imidazole rings is 1. The molecule has 1 saturated heterocycles. The molecule has 3 rings (SSSR count). The van der Waals surface area contributed by atoms with Gasteiger partial charge in [0.25, 0.3) is 6.43 Å². The SMILES string of the molecule is Cn1c(C2(C)CCS(=O)CC2)nc2ccc(OCC(OCC(F)F)C(F)(F)F)nc21.NC=O. The zero-order valence-corrected chi connectivity index (χ0v) is 18.8. The minimum Gasteiger partial charge on any atom is -0.474 e. The van der Waals surface area contributed by atoms with Gasteiger partial charge in [-0.1, -0.05) is 6.92 Å². The highest BCUT2D eigenvalue weighted by molar-refractivity contribution is 7.85. The number of nitrogens with two attached hydrogens (primary N) is 1. The fourth-order valence-corrected chi connectivity index (χ4v) is 4.94. The third kappa shape index (κ3) is 7.06. The molecule has 2 N–H and O–H groups in total. The van der Waals surface area contributed by atoms with Crippen LogP contribution in [0.4, 0.5) is 22.0 Å². The summed E-state index contributed by atoms with van der Waals surface area (Å²) in [7, 11) is 0.921. The molecular formula is C19H25F5N4O4S. The highest BCUT2D eigenvalue weighted by Crippen LogP contribution is 2.35. The van der Waals surface area contributed by atoms with E-state index in [0.29, 0.717) is 35.5 Å². The number of pyridine rings is 1. The summed E-state index contributed by atoms with van der Waals surface area (Å²) >= 11 is 0. The van der Waals surface area contributed by atoms with Crippen LogP contribution in [0, 0.1) is 0 Å². The quantitative estimate of drug-likeness (QED) is 0.462. The number of ether oxygens (including phenoxy) is 2. The lowest BCUT2D eigenvalue weighted by atomic mass is 9.83. The minimum absolute atomic E-state index is 0.0955. The van der Waals surface area contributed by atoms with Crippen LogP contribution in [0.25, 0.3) is 11.2 Å². The van der Waals surface area contributed by atoms with Crippen LogP contribution in [0.3, 0.4) is 0 Å². The maximum absolute atomic E-state index is 13.0. The Kier molecular flexibility index (Phi) is 9.12. The Labute approximate surface area is 189 Å². The summed E-state index contributed by atoms with van der Waals surface area (Å²) in [6.07, 6.45) is -8.71. The highest BCUT2D eigenvalue weighted by Gasteiger charge is 2.42. The van der Waals surface area contributed by atoms with Crippen molar-refractivity contribution in [2.45, 2.75) is 43.9 Å². The molecule has 0 bridgehead atoms. The summed E-state index contributed by atoms with van der Waals surface area (Å²) in [6, 6.07) is 2.95. The van der Waals surface area contributed by atoms with Crippen LogP contribution in [0.5, 0.6) is 5.88 Å². The van der Waals surface area contributed by atoms with E-state index in [0.717, 1.165) is 5.82 Å². The van der Waals surface area contributed by atoms with Crippen molar-refractivity contribution in [3.8, 4) is 5.88 Å². The van der Waals surface area contributed by atoms with Gasteiger partial charge in [-0.2, -0.15) is 18.2 Å². The Morgan fingerprint density at radius 3 is 2.39 bits per heavy atom. The van der Waals surface area contributed by atoms with E-state index >= 15 is 0 Å². The lowest BCUT2D eigenvalue weighted by molar-refractivity contribution is -0.234. The largest absolute Gasteiger partial charge is 0.474 e. The monoisotopic (exact) mass is 500 g/mol. The normalized spacial score (nSPS) is 22.0. The average molecular weight is 500 g/mol. The van der Waals surface area contributed by atoms with Crippen LogP contribution in [0.15, 0.2) is 12.1 Å². The second-order valence-electron chi connectivity index (χ2n) is 7.60. The molecule has 33 heavy (non-hydrogen) atoms. The van der Waals surface area contributed by atoms with Gasteiger partial charge >= 0.3 is 6.18 Å². The standard InChI is InChI=1S/C18H22F5N3O3S.CH3NO/c1-17(5-7-30(27)8-6-17)16-24-11-3-4-14(25-15(11)26(16)2)29-9-12(18(21,22)23)28-10-13(19)20;2-1-3/h3-4,12-13H,5-10H2,1-2H3;1H,(H2,2,3). The van der Waals surface area contributed by atoms with Gasteiger partial charge in [0.2, 0.25) is 12.3 Å². The summed E-state index contributed by atoms with van der Waals surface area (Å²) in [5, 5.41) is 0. The Balaban J connectivity index is 0.00000122. The van der Waals surface area contributed by atoms with Crippen molar-refractivity contribution >= 4 is 28.4 Å². The minimum atomic E-state index is -4.85. The fourth-order valence-electron chi connectivity index (χ4n) is 3.38. The number of amides is 1. The maximum Gasteiger partial charge on any atom is 0.417 e. The van der Waals surface area contributed by atoms with Gasteiger partial charge in [0, 0.05) is 40.8 Å². The van der Waals surface area contributed by atoms with E-state index < -0.39 is 42.7 Å². The molecule has 0 spiro atoms. The second kappa shape index (κ2) is 11.2. The Morgan fingerprint density at radius 1 is 1.24 bits per heavy atom. The molecule has 2 aromatic heterocycles. The number of aromatic nitrogens is 3. The molecule has 0 radical (unpaired) electrons. The molecule has 1 aliphatic rings. The lowest BCUT2D eigenvalue weighted by Gasteiger charge is -2.32. The number of halogens is 5. The van der Waals surface area contributed by atoms with Gasteiger partial charge in [-0.3, -0.25) is 9.00 Å². The van der Waals surface area contributed by atoms with Crippen LogP contribution in [-0.4, -0.2) is 68.6 Å². The number of fused-ring (bicyclic) bond motifs is 1. The van der Waals surface area contributed by atoms with E-state index in [1.165, 1.54) is 6.07 Å². The van der Waals surface area contributed by atoms with Gasteiger partial charge in [0.15, 0.2) is 11.8 Å². The van der Waals surface area contributed by atoms with E-state index in [4.69, 9.17) is 9.53 Å². The summed E-state index contributed by atoms with van der Waals surface area (Å²) in [6.45, 7) is -0.298. The van der Waals surface area contributed by atoms with Crippen molar-refractivity contribution in [3.05, 3.63) is 18.0 Å². The van der Waals surface area contributed by atoms with Gasteiger partial charge in [0.05, 0.1) is 0 Å². The number of aryl methyl sites for hydroxylation is 1. The summed E-state index contributed by atoms with van der Waals surface area (Å²) in [5.41, 5.74) is 4.86. The van der Waals surface area contributed by atoms with E-state index in [1.807, 2.05) is 6.92 Å². The summed E-state index contributed by atoms with van der Waals surface area (Å²) in [5.74, 6) is 1.83. The van der Waals surface area contributed by atoms with E-state index in [1.54, 1.807) is 17.7 Å². The third-order valence-electron chi connectivity index (χ3n) is 5.16. The Morgan fingerprint density at radius 2 is 1.85 bits per heavy atom. The van der Waals surface area contributed by atoms with Crippen molar-refractivity contribution in [1.82, 2.24) is 14.5 Å². The Bertz CT molecular complexity index is 960. The van der Waals surface area contributed by atoms with Gasteiger partial charge in [-0.25, -0.2) is 13.8 Å². The smallest absolute Gasteiger partial charge is 0.417 e. The molecule has 186 valence electrons. The first-order valence-corrected chi connectivity index (χ1v) is 11.3. The Hall–Kier alpha value is -2.35. The molecular weight excluding hydrogens is 475 g/mol. The molecule has 0 saturated carbocycles. The van der Waals surface area contributed by atoms with Gasteiger partial charge in [0.1, 0.15) is 24.6 Å². The number of nitrogens with zero attached hydrogens (tertiary/aromatic N) is 3. The molecule has 2 aromatic rings. The van der Waals surface area contributed by atoms with Crippen molar-refractivity contribution in [1.29, 1.82) is 0 Å². The van der Waals surface area contributed by atoms with E-state index in [9.17, 15) is 26.2 Å². The molecule has 1 amide bonds. The van der Waals surface area contributed by atoms with Crippen molar-refractivity contribution in [3.63, 3.8) is 0 Å². The molecule has 14 heteroatoms. The number of rotatable bonds is 7. The predicted octanol–water partition coefficient (Wildman–Crippen LogP) is 2.46. The number of carbonyl (C=O) groups excluding carboxylic acids is 1. The van der Waals surface area contributed by atoms with Crippen molar-refractivity contribution in [2.24, 2.45) is 12.8 Å². The maximum atomic E-state index is 13.0. The highest BCUT2D eigenvalue weighted by atomic mass is 32.2. The van der Waals surface area contributed by atoms with Crippen molar-refractivity contribution < 1.29 is 40.4 Å². The second-order valence-corrected chi connectivity index (χ2v) is 9.29. The van der Waals surface area contributed by atoms with Gasteiger partial charge in [-0.15, -0.1) is 0 Å². The first-order valence-electron chi connectivity index (χ1n) is 9.85. The zero-order chi connectivity index (χ0) is 24.8. The fraction of sp³-hybridized carbons (Fsp3) is 0.632. The summed E-state index contributed by atoms with van der Waals surface area (Å²) in [4.78, 5) is 17.4. The van der Waals surface area contributed by atoms with Crippen LogP contribution in [-0.2, 0) is 32.8 Å². The molecule has 1 fully saturated rings. The predicted molar refractivity (Wildman–Crippen MR) is 111 cm³/mol. The van der Waals surface area contributed by atoms with E-state index in [2.05, 4.69) is 20.4 Å². The van der Waals surface area contributed by atoms with Crippen LogP contribution >= 0.6 is 0 Å². The van der Waals surface area contributed by atoms with Crippen molar-refractivity contribution in [2.75, 3.05) is 24.7 Å². The first-order chi connectivity index (χ1) is 15.4. The topological polar surface area (TPSA) is 109 Å². The molecule has 0 aromatic carbocycles. The van der Waals surface area contributed by atoms with Crippen LogP contribution < -0.4 is 10.5 Å². The molecule has 3 heterocycles. The third-order valence-corrected chi connectivity index (χ3v) is 6.48. The first kappa shape index (κ1) is 26.9. The lowest BCUT2D eigenvalue weighted by Crippen LogP contribution is -2.38. The zero-order valence-electron chi connectivity index (χ0n) is 18.0. The molecule has 1 atom stereocenters. The number of hydrogen-bond acceptors (Lipinski definition) is 6. The number of hydrogen-bond donors (Lipinski definition) is 1. The van der Waals surface area contributed by atoms with Crippen LogP contribution in [0.1, 0.15) is 25.6 Å². The molecule has 8 nitrogen and oxygen atoms in total. The number of primary amides is 1. The molecule has 1 unspecified atom stereocenters. The number of carbonyl (C=O) groups is 1. The van der Waals surface area contributed by atoms with Crippen LogP contribution in [0.2, 0.25) is 0 Å². The summed E-state index contributed by atoms with van der Waals surface area (Å²) < 4.78 is 86.1. The average Bonchev–Trinajstić information content (AvgIpc) is 3.06. The van der Waals surface area contributed by atoms with Gasteiger partial charge < -0.3 is 19.8 Å².